The van der Waals surface area contributed by atoms with Gasteiger partial charge in [0.05, 0.1) is 12.1 Å². The molecule has 1 unspecified atom stereocenters. The number of carboxylic acids is 1. The summed E-state index contributed by atoms with van der Waals surface area (Å²) in [6.07, 6.45) is -0.336. The Balaban J connectivity index is 0. The maximum Gasteiger partial charge on any atom is 1.00 e. The Hall–Kier alpha value is 1.48. The Morgan fingerprint density at radius 3 is 2.33 bits per heavy atom. The molecule has 0 aliphatic rings. The van der Waals surface area contributed by atoms with Crippen molar-refractivity contribution in [3.63, 3.8) is 0 Å². The van der Waals surface area contributed by atoms with Gasteiger partial charge in [-0.3, -0.25) is 0 Å². The molecule has 0 radical (unpaired) electrons. The molecule has 0 aromatic carbocycles. The summed E-state index contributed by atoms with van der Waals surface area (Å²) in [5, 5.41) is 18.2. The maximum atomic E-state index is 9.73. The maximum absolute atomic E-state index is 9.73. The number of carboxylic acid groups (broad SMARTS) is 1. The van der Waals surface area contributed by atoms with Crippen LogP contribution in [0.2, 0.25) is 0 Å². The van der Waals surface area contributed by atoms with E-state index in [1.807, 2.05) is 0 Å². The molecule has 9 heavy (non-hydrogen) atoms. The standard InChI is InChI=1S/C5H10O3.Cs/c1-2-3-4(6)5(7)8;/h4,6H,2-3H2,1H3,(H,7,8);/q;+1/p-1. The first-order chi connectivity index (χ1) is 3.68. The fraction of sp³-hybridized carbons (Fsp3) is 0.800. The molecular weight excluding hydrogens is 241 g/mol. The molecule has 1 atom stereocenters. The number of aliphatic hydroxyl groups excluding tert-OH is 1. The second-order valence-corrected chi connectivity index (χ2v) is 1.62. The summed E-state index contributed by atoms with van der Waals surface area (Å²) in [4.78, 5) is 9.73. The van der Waals surface area contributed by atoms with E-state index in [2.05, 4.69) is 0 Å². The van der Waals surface area contributed by atoms with Gasteiger partial charge in [0.2, 0.25) is 0 Å². The van der Waals surface area contributed by atoms with Crippen molar-refractivity contribution in [1.82, 2.24) is 0 Å². The van der Waals surface area contributed by atoms with E-state index in [1.54, 1.807) is 6.92 Å². The molecule has 0 fully saturated rings. The van der Waals surface area contributed by atoms with Gasteiger partial charge in [-0.25, -0.2) is 0 Å². The molecule has 0 bridgehead atoms. The largest absolute Gasteiger partial charge is 1.00 e. The van der Waals surface area contributed by atoms with E-state index in [4.69, 9.17) is 5.11 Å². The van der Waals surface area contributed by atoms with Crippen molar-refractivity contribution < 1.29 is 83.9 Å². The van der Waals surface area contributed by atoms with Crippen molar-refractivity contribution in [3.8, 4) is 0 Å². The fourth-order valence-corrected chi connectivity index (χ4v) is 0.391. The molecular formula is C5H9CsO3. The van der Waals surface area contributed by atoms with Gasteiger partial charge >= 0.3 is 68.9 Å². The predicted molar refractivity (Wildman–Crippen MR) is 25.9 cm³/mol. The average molecular weight is 250 g/mol. The molecule has 0 spiro atoms. The van der Waals surface area contributed by atoms with Crippen LogP contribution in [0.4, 0.5) is 0 Å². The van der Waals surface area contributed by atoms with Gasteiger partial charge in [-0.2, -0.15) is 0 Å². The average Bonchev–Trinajstić information content (AvgIpc) is 1.67. The van der Waals surface area contributed by atoms with Gasteiger partial charge in [-0.05, 0) is 6.42 Å². The molecule has 4 heteroatoms. The Labute approximate surface area is 113 Å². The third-order valence-corrected chi connectivity index (χ3v) is 0.834. The summed E-state index contributed by atoms with van der Waals surface area (Å²) in [6, 6.07) is 0. The van der Waals surface area contributed by atoms with Crippen LogP contribution in [0, 0.1) is 0 Å². The number of carbonyl (C=O) groups is 1. The Morgan fingerprint density at radius 2 is 2.22 bits per heavy atom. The molecule has 0 aromatic rings. The smallest absolute Gasteiger partial charge is 0.547 e. The van der Waals surface area contributed by atoms with Crippen molar-refractivity contribution >= 4 is 5.97 Å². The number of aliphatic hydroxyl groups is 1. The van der Waals surface area contributed by atoms with Crippen LogP contribution in [0.3, 0.4) is 0 Å². The molecule has 0 heterocycles. The van der Waals surface area contributed by atoms with E-state index in [9.17, 15) is 9.90 Å². The topological polar surface area (TPSA) is 60.4 Å². The number of rotatable bonds is 3. The summed E-state index contributed by atoms with van der Waals surface area (Å²) >= 11 is 0. The number of aliphatic carboxylic acids is 1. The molecule has 0 aliphatic carbocycles. The van der Waals surface area contributed by atoms with Crippen LogP contribution < -0.4 is 74.0 Å². The number of carbonyl (C=O) groups excluding carboxylic acids is 1. The van der Waals surface area contributed by atoms with Crippen LogP contribution in [0.25, 0.3) is 0 Å². The van der Waals surface area contributed by atoms with Crippen LogP contribution in [-0.4, -0.2) is 17.2 Å². The second kappa shape index (κ2) is 7.59. The van der Waals surface area contributed by atoms with Gasteiger partial charge in [-0.15, -0.1) is 0 Å². The van der Waals surface area contributed by atoms with Gasteiger partial charge in [0.15, 0.2) is 0 Å². The summed E-state index contributed by atoms with van der Waals surface area (Å²) in [6.45, 7) is 1.80. The van der Waals surface area contributed by atoms with E-state index < -0.39 is 12.1 Å². The first-order valence-electron chi connectivity index (χ1n) is 2.57. The van der Waals surface area contributed by atoms with Crippen molar-refractivity contribution in [2.75, 3.05) is 0 Å². The quantitative estimate of drug-likeness (QED) is 0.554. The van der Waals surface area contributed by atoms with Crippen LogP contribution in [0.5, 0.6) is 0 Å². The van der Waals surface area contributed by atoms with Crippen LogP contribution in [-0.2, 0) is 4.79 Å². The van der Waals surface area contributed by atoms with Gasteiger partial charge < -0.3 is 15.0 Å². The molecule has 0 saturated heterocycles. The third-order valence-electron chi connectivity index (χ3n) is 0.834. The second-order valence-electron chi connectivity index (χ2n) is 1.62. The predicted octanol–water partition coefficient (Wildman–Crippen LogP) is -4.10. The van der Waals surface area contributed by atoms with E-state index in [0.29, 0.717) is 6.42 Å². The zero-order valence-electron chi connectivity index (χ0n) is 5.76. The van der Waals surface area contributed by atoms with Crippen LogP contribution in [0.15, 0.2) is 0 Å². The summed E-state index contributed by atoms with van der Waals surface area (Å²) in [5.74, 6) is -1.38. The monoisotopic (exact) mass is 250 g/mol. The van der Waals surface area contributed by atoms with E-state index in [-0.39, 0.29) is 75.3 Å². The van der Waals surface area contributed by atoms with Gasteiger partial charge in [0.25, 0.3) is 0 Å². The van der Waals surface area contributed by atoms with Gasteiger partial charge in [-0.1, -0.05) is 13.3 Å². The molecule has 0 aromatic heterocycles. The molecule has 0 rings (SSSR count). The van der Waals surface area contributed by atoms with Crippen molar-refractivity contribution in [2.24, 2.45) is 0 Å². The number of hydrogen-bond acceptors (Lipinski definition) is 3. The minimum atomic E-state index is -1.38. The molecule has 48 valence electrons. The van der Waals surface area contributed by atoms with Crippen molar-refractivity contribution in [1.29, 1.82) is 0 Å². The first-order valence-corrected chi connectivity index (χ1v) is 2.57. The normalized spacial score (nSPS) is 11.8. The SMILES string of the molecule is CCCC(O)C(=O)[O-].[Cs+]. The molecule has 0 saturated carbocycles. The zero-order chi connectivity index (χ0) is 6.57. The molecule has 0 amide bonds. The molecule has 3 nitrogen and oxygen atoms in total. The summed E-state index contributed by atoms with van der Waals surface area (Å²) in [7, 11) is 0. The molecule has 1 N–H and O–H groups in total. The van der Waals surface area contributed by atoms with Crippen LogP contribution in [0.1, 0.15) is 19.8 Å². The van der Waals surface area contributed by atoms with Gasteiger partial charge in [0, 0.05) is 0 Å². The third kappa shape index (κ3) is 7.38. The minimum absolute atomic E-state index is 0. The Kier molecular flexibility index (Phi) is 11.0. The van der Waals surface area contributed by atoms with Crippen LogP contribution >= 0.6 is 0 Å². The van der Waals surface area contributed by atoms with E-state index in [0.717, 1.165) is 0 Å². The van der Waals surface area contributed by atoms with Crippen molar-refractivity contribution in [2.45, 2.75) is 25.9 Å². The minimum Gasteiger partial charge on any atom is -0.547 e. The molecule has 0 aliphatic heterocycles. The van der Waals surface area contributed by atoms with Gasteiger partial charge in [0.1, 0.15) is 0 Å². The summed E-state index contributed by atoms with van der Waals surface area (Å²) < 4.78 is 0. The van der Waals surface area contributed by atoms with E-state index >= 15 is 0 Å². The zero-order valence-corrected chi connectivity index (χ0v) is 12.0. The van der Waals surface area contributed by atoms with E-state index in [1.165, 1.54) is 0 Å². The van der Waals surface area contributed by atoms with Crippen molar-refractivity contribution in [3.05, 3.63) is 0 Å². The first kappa shape index (κ1) is 13.1. The summed E-state index contributed by atoms with van der Waals surface area (Å²) in [5.41, 5.74) is 0. The number of hydrogen-bond donors (Lipinski definition) is 1. The fourth-order valence-electron chi connectivity index (χ4n) is 0.391. The Bertz CT molecular complexity index is 84.3. The Morgan fingerprint density at radius 1 is 1.78 bits per heavy atom.